The molecule has 0 spiro atoms. The van der Waals surface area contributed by atoms with Gasteiger partial charge in [-0.25, -0.2) is 4.79 Å². The van der Waals surface area contributed by atoms with Crippen LogP contribution < -0.4 is 15.1 Å². The molecule has 13 nitrogen and oxygen atoms in total. The fourth-order valence-corrected chi connectivity index (χ4v) is 3.73. The normalized spacial score (nSPS) is 36.0. The second-order valence-corrected chi connectivity index (χ2v) is 8.15. The van der Waals surface area contributed by atoms with Crippen molar-refractivity contribution in [2.24, 2.45) is 0 Å². The Morgan fingerprint density at radius 2 is 1.82 bits per heavy atom. The number of hydrogen-bond acceptors (Lipinski definition) is 13. The summed E-state index contributed by atoms with van der Waals surface area (Å²) >= 11 is 0. The van der Waals surface area contributed by atoms with E-state index in [0.717, 1.165) is 0 Å². The van der Waals surface area contributed by atoms with Crippen LogP contribution in [0.25, 0.3) is 11.0 Å². The molecule has 0 amide bonds. The highest BCUT2D eigenvalue weighted by molar-refractivity contribution is 5.80. The van der Waals surface area contributed by atoms with Crippen molar-refractivity contribution in [3.8, 4) is 11.5 Å². The van der Waals surface area contributed by atoms with Crippen LogP contribution in [0.1, 0.15) is 0 Å². The third-order valence-electron chi connectivity index (χ3n) is 5.82. The molecule has 8 atom stereocenters. The lowest BCUT2D eigenvalue weighted by molar-refractivity contribution is -0.289. The number of rotatable bonds is 7. The van der Waals surface area contributed by atoms with E-state index in [4.69, 9.17) is 28.1 Å². The molecular weight excluding hydrogens is 460 g/mol. The second-order valence-electron chi connectivity index (χ2n) is 8.15. The molecule has 34 heavy (non-hydrogen) atoms. The van der Waals surface area contributed by atoms with E-state index in [1.54, 1.807) is 0 Å². The minimum atomic E-state index is -1.90. The van der Waals surface area contributed by atoms with Crippen molar-refractivity contribution in [3.63, 3.8) is 0 Å². The van der Waals surface area contributed by atoms with Crippen molar-refractivity contribution in [1.29, 1.82) is 0 Å². The molecule has 0 unspecified atom stereocenters. The number of hydrogen-bond donors (Lipinski definition) is 6. The van der Waals surface area contributed by atoms with Crippen LogP contribution in [0.15, 0.2) is 33.5 Å². The van der Waals surface area contributed by atoms with Crippen molar-refractivity contribution in [1.82, 2.24) is 0 Å². The van der Waals surface area contributed by atoms with E-state index in [9.17, 15) is 35.4 Å². The van der Waals surface area contributed by atoms with Gasteiger partial charge in [0, 0.05) is 17.5 Å². The Bertz CT molecular complexity index is 1060. The third kappa shape index (κ3) is 4.62. The van der Waals surface area contributed by atoms with Crippen LogP contribution in [0.2, 0.25) is 0 Å². The van der Waals surface area contributed by atoms with Crippen molar-refractivity contribution in [2.45, 2.75) is 48.7 Å². The van der Waals surface area contributed by atoms with Gasteiger partial charge in [-0.05, 0) is 12.1 Å². The maximum Gasteiger partial charge on any atom is 0.336 e. The van der Waals surface area contributed by atoms with E-state index in [1.165, 1.54) is 31.4 Å². The molecule has 0 radical (unpaired) electrons. The Labute approximate surface area is 192 Å². The molecule has 6 N–H and O–H groups in total. The fourth-order valence-electron chi connectivity index (χ4n) is 3.73. The first kappa shape index (κ1) is 24.8. The van der Waals surface area contributed by atoms with Gasteiger partial charge in [-0.3, -0.25) is 0 Å². The molecule has 2 aliphatic heterocycles. The first-order valence-corrected chi connectivity index (χ1v) is 10.4. The number of methoxy groups -OCH3 is 1. The Hall–Kier alpha value is -2.33. The summed E-state index contributed by atoms with van der Waals surface area (Å²) in [4.78, 5) is 11.5. The van der Waals surface area contributed by atoms with Gasteiger partial charge < -0.3 is 58.7 Å². The summed E-state index contributed by atoms with van der Waals surface area (Å²) in [6.45, 7) is -1.57. The molecule has 2 fully saturated rings. The van der Waals surface area contributed by atoms with Crippen molar-refractivity contribution in [2.75, 3.05) is 26.9 Å². The summed E-state index contributed by atoms with van der Waals surface area (Å²) in [5.41, 5.74) is -2.31. The SMILES string of the molecule is COc1cc2ccc(=O)oc2cc1O[C@@H]1O[C@H](CO[C@@H]2OC[C@](O)(CO)[C@H]2O)[C@@H](O)[C@H](O)[C@H]1O. The van der Waals surface area contributed by atoms with Gasteiger partial charge in [0.15, 0.2) is 17.8 Å². The van der Waals surface area contributed by atoms with Crippen LogP contribution >= 0.6 is 0 Å². The summed E-state index contributed by atoms with van der Waals surface area (Å²) in [5.74, 6) is 0.246. The van der Waals surface area contributed by atoms with Gasteiger partial charge in [-0.1, -0.05) is 0 Å². The first-order chi connectivity index (χ1) is 16.2. The Morgan fingerprint density at radius 3 is 2.50 bits per heavy atom. The summed E-state index contributed by atoms with van der Waals surface area (Å²) in [5, 5.41) is 60.9. The van der Waals surface area contributed by atoms with E-state index >= 15 is 0 Å². The van der Waals surface area contributed by atoms with Crippen LogP contribution in [0, 0.1) is 0 Å². The van der Waals surface area contributed by atoms with Gasteiger partial charge in [0.1, 0.15) is 41.7 Å². The van der Waals surface area contributed by atoms with Crippen molar-refractivity contribution in [3.05, 3.63) is 34.7 Å². The van der Waals surface area contributed by atoms with E-state index in [-0.39, 0.29) is 23.7 Å². The van der Waals surface area contributed by atoms with E-state index < -0.39 is 67.5 Å². The maximum absolute atomic E-state index is 11.5. The molecule has 2 saturated heterocycles. The summed E-state index contributed by atoms with van der Waals surface area (Å²) in [6.07, 6.45) is -10.6. The molecule has 4 rings (SSSR count). The lowest BCUT2D eigenvalue weighted by Crippen LogP contribution is -2.60. The Balaban J connectivity index is 1.50. The monoisotopic (exact) mass is 486 g/mol. The molecule has 2 aromatic rings. The van der Waals surface area contributed by atoms with Gasteiger partial charge in [0.05, 0.1) is 26.9 Å². The standard InChI is InChI=1S/C21H26O13/c1-29-11-4-9-2-3-14(23)32-10(9)5-12(11)33-19-17(26)16(25)15(24)13(34-19)6-30-20-18(27)21(28,7-22)8-31-20/h2-5,13,15-20,22,24-28H,6-8H2,1H3/t13-,15-,16+,17-,18+,19-,20-,21-/m1/s1. The molecule has 0 saturated carbocycles. The molecule has 1 aromatic heterocycles. The molecule has 2 aliphatic rings. The zero-order chi connectivity index (χ0) is 24.6. The third-order valence-corrected chi connectivity index (χ3v) is 5.82. The lowest BCUT2D eigenvalue weighted by Gasteiger charge is -2.40. The van der Waals surface area contributed by atoms with Gasteiger partial charge in [-0.15, -0.1) is 0 Å². The van der Waals surface area contributed by atoms with Gasteiger partial charge in [0.2, 0.25) is 6.29 Å². The Kier molecular flexibility index (Phi) is 7.09. The highest BCUT2D eigenvalue weighted by atomic mass is 16.7. The number of ether oxygens (including phenoxy) is 5. The van der Waals surface area contributed by atoms with Crippen LogP contribution in [0.5, 0.6) is 11.5 Å². The van der Waals surface area contributed by atoms with E-state index in [2.05, 4.69) is 0 Å². The zero-order valence-corrected chi connectivity index (χ0v) is 18.0. The highest BCUT2D eigenvalue weighted by Crippen LogP contribution is 2.35. The molecule has 13 heteroatoms. The molecule has 1 aromatic carbocycles. The summed E-state index contributed by atoms with van der Waals surface area (Å²) in [7, 11) is 1.38. The zero-order valence-electron chi connectivity index (χ0n) is 18.0. The smallest absolute Gasteiger partial charge is 0.336 e. The van der Waals surface area contributed by atoms with Crippen molar-refractivity contribution < 1.29 is 58.7 Å². The average molecular weight is 486 g/mol. The first-order valence-electron chi connectivity index (χ1n) is 10.4. The molecule has 3 heterocycles. The van der Waals surface area contributed by atoms with Gasteiger partial charge in [-0.2, -0.15) is 0 Å². The summed E-state index contributed by atoms with van der Waals surface area (Å²) in [6, 6.07) is 5.66. The van der Waals surface area contributed by atoms with E-state index in [0.29, 0.717) is 5.39 Å². The minimum absolute atomic E-state index is 0.0271. The largest absolute Gasteiger partial charge is 0.493 e. The summed E-state index contributed by atoms with van der Waals surface area (Å²) < 4.78 is 32.2. The lowest BCUT2D eigenvalue weighted by atomic mass is 9.99. The van der Waals surface area contributed by atoms with Crippen molar-refractivity contribution >= 4 is 11.0 Å². The van der Waals surface area contributed by atoms with Crippen LogP contribution in [0.3, 0.4) is 0 Å². The van der Waals surface area contributed by atoms with Crippen LogP contribution in [0.4, 0.5) is 0 Å². The van der Waals surface area contributed by atoms with Gasteiger partial charge >= 0.3 is 5.63 Å². The van der Waals surface area contributed by atoms with Gasteiger partial charge in [0.25, 0.3) is 0 Å². The Morgan fingerprint density at radius 1 is 1.06 bits per heavy atom. The highest BCUT2D eigenvalue weighted by Gasteiger charge is 2.50. The van der Waals surface area contributed by atoms with E-state index in [1.807, 2.05) is 0 Å². The average Bonchev–Trinajstić information content (AvgIpc) is 3.12. The quantitative estimate of drug-likeness (QED) is 0.224. The second kappa shape index (κ2) is 9.73. The topological polar surface area (TPSA) is 198 Å². The number of benzene rings is 1. The number of aliphatic hydroxyl groups is 6. The molecule has 0 bridgehead atoms. The van der Waals surface area contributed by atoms with Crippen LogP contribution in [-0.4, -0.2) is 106 Å². The molecule has 0 aliphatic carbocycles. The maximum atomic E-state index is 11.5. The van der Waals surface area contributed by atoms with Crippen LogP contribution in [-0.2, 0) is 14.2 Å². The molecular formula is C21H26O13. The number of fused-ring (bicyclic) bond motifs is 1. The molecule has 188 valence electrons. The minimum Gasteiger partial charge on any atom is -0.493 e. The predicted molar refractivity (Wildman–Crippen MR) is 110 cm³/mol. The number of aliphatic hydroxyl groups excluding tert-OH is 5. The fraction of sp³-hybridized carbons (Fsp3) is 0.571. The predicted octanol–water partition coefficient (Wildman–Crippen LogP) is -2.55.